The lowest BCUT2D eigenvalue weighted by atomic mass is 10.1. The van der Waals surface area contributed by atoms with Crippen LogP contribution in [0.2, 0.25) is 0 Å². The summed E-state index contributed by atoms with van der Waals surface area (Å²) in [6, 6.07) is 3.09. The molecule has 0 radical (unpaired) electrons. The molecule has 1 atom stereocenters. The Hall–Kier alpha value is -1.74. The van der Waals surface area contributed by atoms with Crippen molar-refractivity contribution >= 4 is 31.4 Å². The van der Waals surface area contributed by atoms with Crippen molar-refractivity contribution in [2.75, 3.05) is 6.61 Å². The summed E-state index contributed by atoms with van der Waals surface area (Å²) in [5, 5.41) is 0.622. The number of pyridine rings is 1. The standard InChI is InChI=1S/C15H15FNO3P/c1-2-20-15(19)10-7-17(8-3-4-8)12-6-13(21)11(16)5-9(12)14(10)18/h5-8H,2-4,21H2,1H3. The van der Waals surface area contributed by atoms with Gasteiger partial charge in [-0.1, -0.05) is 0 Å². The SMILES string of the molecule is CCOC(=O)c1cn(C2CC2)c2cc(P)c(F)cc2c1=O. The van der Waals surface area contributed by atoms with E-state index in [1.54, 1.807) is 19.2 Å². The van der Waals surface area contributed by atoms with Gasteiger partial charge in [0.05, 0.1) is 12.1 Å². The van der Waals surface area contributed by atoms with Crippen LogP contribution in [0.25, 0.3) is 10.9 Å². The van der Waals surface area contributed by atoms with Crippen molar-refractivity contribution in [2.24, 2.45) is 0 Å². The summed E-state index contributed by atoms with van der Waals surface area (Å²) in [5.41, 5.74) is 0.137. The molecule has 110 valence electrons. The Morgan fingerprint density at radius 1 is 1.48 bits per heavy atom. The number of benzene rings is 1. The molecule has 3 rings (SSSR count). The fraction of sp³-hybridized carbons (Fsp3) is 0.333. The van der Waals surface area contributed by atoms with Crippen molar-refractivity contribution in [3.8, 4) is 0 Å². The van der Waals surface area contributed by atoms with E-state index in [-0.39, 0.29) is 23.6 Å². The molecule has 4 nitrogen and oxygen atoms in total. The third kappa shape index (κ3) is 2.46. The summed E-state index contributed by atoms with van der Waals surface area (Å²) in [6.45, 7) is 1.87. The Morgan fingerprint density at radius 2 is 2.19 bits per heavy atom. The van der Waals surface area contributed by atoms with Gasteiger partial charge in [-0.2, -0.15) is 0 Å². The summed E-state index contributed by atoms with van der Waals surface area (Å²) < 4.78 is 20.6. The van der Waals surface area contributed by atoms with Gasteiger partial charge in [-0.05, 0) is 31.9 Å². The fourth-order valence-corrected chi connectivity index (χ4v) is 2.64. The monoisotopic (exact) mass is 307 g/mol. The van der Waals surface area contributed by atoms with Gasteiger partial charge in [0.15, 0.2) is 0 Å². The zero-order valence-corrected chi connectivity index (χ0v) is 12.7. The minimum Gasteiger partial charge on any atom is -0.462 e. The number of carbonyl (C=O) groups excluding carboxylic acids is 1. The second-order valence-electron chi connectivity index (χ2n) is 5.12. The van der Waals surface area contributed by atoms with E-state index < -0.39 is 17.2 Å². The van der Waals surface area contributed by atoms with Crippen molar-refractivity contribution < 1.29 is 13.9 Å². The number of halogens is 1. The number of fused-ring (bicyclic) bond motifs is 1. The first-order valence-corrected chi connectivity index (χ1v) is 7.41. The lowest BCUT2D eigenvalue weighted by Gasteiger charge is -2.13. The third-order valence-corrected chi connectivity index (χ3v) is 4.03. The molecular formula is C15H15FNO3P. The predicted octanol–water partition coefficient (Wildman–Crippen LogP) is 2.15. The molecule has 6 heteroatoms. The first-order chi connectivity index (χ1) is 10.0. The Kier molecular flexibility index (Phi) is 3.54. The lowest BCUT2D eigenvalue weighted by molar-refractivity contribution is 0.0524. The second-order valence-corrected chi connectivity index (χ2v) is 5.74. The van der Waals surface area contributed by atoms with Gasteiger partial charge in [0.25, 0.3) is 0 Å². The molecule has 0 bridgehead atoms. The maximum absolute atomic E-state index is 13.8. The van der Waals surface area contributed by atoms with Crippen LogP contribution in [-0.4, -0.2) is 17.1 Å². The molecule has 0 amide bonds. The highest BCUT2D eigenvalue weighted by molar-refractivity contribution is 7.27. The fourth-order valence-electron chi connectivity index (χ4n) is 2.39. The molecule has 2 aromatic rings. The van der Waals surface area contributed by atoms with E-state index in [0.717, 1.165) is 12.8 Å². The number of hydrogen-bond donors (Lipinski definition) is 0. The van der Waals surface area contributed by atoms with Gasteiger partial charge >= 0.3 is 5.97 Å². The van der Waals surface area contributed by atoms with E-state index in [9.17, 15) is 14.0 Å². The number of aromatic nitrogens is 1. The Labute approximate surface area is 123 Å². The van der Waals surface area contributed by atoms with Crippen LogP contribution >= 0.6 is 9.24 Å². The van der Waals surface area contributed by atoms with Crippen molar-refractivity contribution in [1.29, 1.82) is 0 Å². The van der Waals surface area contributed by atoms with Gasteiger partial charge in [0.1, 0.15) is 11.4 Å². The Balaban J connectivity index is 2.31. The van der Waals surface area contributed by atoms with E-state index in [1.165, 1.54) is 6.07 Å². The smallest absolute Gasteiger partial charge is 0.343 e. The highest BCUT2D eigenvalue weighted by Crippen LogP contribution is 2.37. The molecule has 1 aromatic carbocycles. The van der Waals surface area contributed by atoms with Crippen LogP contribution in [0.15, 0.2) is 23.1 Å². The summed E-state index contributed by atoms with van der Waals surface area (Å²) in [6.07, 6.45) is 3.52. The highest BCUT2D eigenvalue weighted by atomic mass is 31.0. The summed E-state index contributed by atoms with van der Waals surface area (Å²) >= 11 is 0. The van der Waals surface area contributed by atoms with Crippen LogP contribution in [0.4, 0.5) is 4.39 Å². The highest BCUT2D eigenvalue weighted by Gasteiger charge is 2.27. The number of carbonyl (C=O) groups is 1. The summed E-state index contributed by atoms with van der Waals surface area (Å²) in [7, 11) is 2.32. The molecule has 1 aliphatic rings. The molecule has 1 saturated carbocycles. The summed E-state index contributed by atoms with van der Waals surface area (Å²) in [4.78, 5) is 24.3. The third-order valence-electron chi connectivity index (χ3n) is 3.59. The van der Waals surface area contributed by atoms with Gasteiger partial charge in [-0.15, -0.1) is 9.24 Å². The van der Waals surface area contributed by atoms with Crippen LogP contribution < -0.4 is 10.7 Å². The molecule has 1 fully saturated rings. The molecular weight excluding hydrogens is 292 g/mol. The molecule has 0 saturated heterocycles. The van der Waals surface area contributed by atoms with Crippen LogP contribution in [0, 0.1) is 5.82 Å². The van der Waals surface area contributed by atoms with Crippen LogP contribution in [0.5, 0.6) is 0 Å². The first-order valence-electron chi connectivity index (χ1n) is 6.84. The maximum atomic E-state index is 13.8. The van der Waals surface area contributed by atoms with E-state index in [1.807, 2.05) is 4.57 Å². The number of ether oxygens (including phenoxy) is 1. The minimum absolute atomic E-state index is 0.0350. The number of hydrogen-bond acceptors (Lipinski definition) is 3. The van der Waals surface area contributed by atoms with E-state index >= 15 is 0 Å². The average Bonchev–Trinajstić information content (AvgIpc) is 3.26. The van der Waals surface area contributed by atoms with Crippen LogP contribution in [-0.2, 0) is 4.74 Å². The van der Waals surface area contributed by atoms with Crippen molar-refractivity contribution in [3.63, 3.8) is 0 Å². The van der Waals surface area contributed by atoms with Gasteiger partial charge in [-0.3, -0.25) is 4.79 Å². The number of rotatable bonds is 3. The topological polar surface area (TPSA) is 48.3 Å². The van der Waals surface area contributed by atoms with Crippen LogP contribution in [0.3, 0.4) is 0 Å². The Morgan fingerprint density at radius 3 is 2.81 bits per heavy atom. The van der Waals surface area contributed by atoms with Crippen molar-refractivity contribution in [3.05, 3.63) is 39.9 Å². The lowest BCUT2D eigenvalue weighted by Crippen LogP contribution is -2.21. The second kappa shape index (κ2) is 5.23. The summed E-state index contributed by atoms with van der Waals surface area (Å²) in [5.74, 6) is -1.14. The zero-order valence-electron chi connectivity index (χ0n) is 11.6. The minimum atomic E-state index is -0.658. The molecule has 1 heterocycles. The molecule has 21 heavy (non-hydrogen) atoms. The quantitative estimate of drug-likeness (QED) is 0.645. The van der Waals surface area contributed by atoms with Gasteiger partial charge in [0.2, 0.25) is 5.43 Å². The normalized spacial score (nSPS) is 14.4. The molecule has 0 spiro atoms. The largest absolute Gasteiger partial charge is 0.462 e. The first kappa shape index (κ1) is 14.2. The van der Waals surface area contributed by atoms with E-state index in [0.29, 0.717) is 10.8 Å². The molecule has 1 unspecified atom stereocenters. The number of esters is 1. The maximum Gasteiger partial charge on any atom is 0.343 e. The number of nitrogens with zero attached hydrogens (tertiary/aromatic N) is 1. The van der Waals surface area contributed by atoms with Crippen molar-refractivity contribution in [2.45, 2.75) is 25.8 Å². The average molecular weight is 307 g/mol. The van der Waals surface area contributed by atoms with Crippen molar-refractivity contribution in [1.82, 2.24) is 4.57 Å². The van der Waals surface area contributed by atoms with Gasteiger partial charge in [0, 0.05) is 22.9 Å². The molecule has 1 aliphatic carbocycles. The molecule has 0 aliphatic heterocycles. The van der Waals surface area contributed by atoms with Crippen LogP contribution in [0.1, 0.15) is 36.2 Å². The van der Waals surface area contributed by atoms with E-state index in [2.05, 4.69) is 9.24 Å². The zero-order chi connectivity index (χ0) is 15.1. The molecule has 1 aromatic heterocycles. The molecule has 0 N–H and O–H groups in total. The Bertz CT molecular complexity index is 796. The van der Waals surface area contributed by atoms with Gasteiger partial charge < -0.3 is 9.30 Å². The van der Waals surface area contributed by atoms with Gasteiger partial charge in [-0.25, -0.2) is 9.18 Å². The predicted molar refractivity (Wildman–Crippen MR) is 81.7 cm³/mol. The van der Waals surface area contributed by atoms with E-state index in [4.69, 9.17) is 4.74 Å².